The summed E-state index contributed by atoms with van der Waals surface area (Å²) in [6.45, 7) is 0.279. The molecule has 2 aromatic carbocycles. The van der Waals surface area contributed by atoms with Crippen molar-refractivity contribution in [2.45, 2.75) is 6.42 Å². The van der Waals surface area contributed by atoms with E-state index in [-0.39, 0.29) is 12.1 Å². The molecule has 6 nitrogen and oxygen atoms in total. The fourth-order valence-corrected chi connectivity index (χ4v) is 2.85. The molecule has 8 heteroatoms. The number of rotatable bonds is 5. The van der Waals surface area contributed by atoms with Crippen molar-refractivity contribution < 1.29 is 27.8 Å². The average Bonchev–Trinajstić information content (AvgIpc) is 3.17. The van der Waals surface area contributed by atoms with Crippen LogP contribution in [0.1, 0.15) is 22.3 Å². The quantitative estimate of drug-likeness (QED) is 0.804. The number of benzene rings is 2. The Hall–Kier alpha value is -3.16. The van der Waals surface area contributed by atoms with Crippen LogP contribution < -0.4 is 14.2 Å². The van der Waals surface area contributed by atoms with Gasteiger partial charge < -0.3 is 14.2 Å². The van der Waals surface area contributed by atoms with Gasteiger partial charge in [0.15, 0.2) is 28.9 Å². The maximum absolute atomic E-state index is 14.3. The molecule has 0 fully saturated rings. The number of carbonyl (C=O) groups is 1. The standard InChI is InChI=1S/C19H18F2N2O4/c1-25-15-7-4-11(10-16(15)26-2)14-8-9-23(22-14)19(24)12-5-6-13(20)18(27-3)17(12)21/h4-7,10H,8-9H2,1-3H3. The molecule has 0 radical (unpaired) electrons. The molecule has 1 heterocycles. The molecule has 0 bridgehead atoms. The molecule has 0 atom stereocenters. The second-order valence-electron chi connectivity index (χ2n) is 5.74. The number of ether oxygens (including phenoxy) is 3. The molecule has 1 aliphatic rings. The van der Waals surface area contributed by atoms with Crippen LogP contribution in [-0.4, -0.2) is 44.5 Å². The largest absolute Gasteiger partial charge is 0.493 e. The first-order valence-electron chi connectivity index (χ1n) is 8.13. The van der Waals surface area contributed by atoms with E-state index in [0.717, 1.165) is 29.8 Å². The first-order valence-corrected chi connectivity index (χ1v) is 8.13. The number of nitrogens with zero attached hydrogens (tertiary/aromatic N) is 2. The summed E-state index contributed by atoms with van der Waals surface area (Å²) in [5, 5.41) is 5.44. The average molecular weight is 376 g/mol. The van der Waals surface area contributed by atoms with E-state index in [9.17, 15) is 13.6 Å². The van der Waals surface area contributed by atoms with Gasteiger partial charge in [-0.2, -0.15) is 5.10 Å². The van der Waals surface area contributed by atoms with Crippen LogP contribution in [0.2, 0.25) is 0 Å². The predicted molar refractivity (Wildman–Crippen MR) is 94.6 cm³/mol. The lowest BCUT2D eigenvalue weighted by molar-refractivity contribution is 0.0772. The SMILES string of the molecule is COc1ccc(C2=NN(C(=O)c3ccc(F)c(OC)c3F)CC2)cc1OC. The number of amides is 1. The van der Waals surface area contributed by atoms with Gasteiger partial charge in [-0.05, 0) is 30.3 Å². The maximum Gasteiger partial charge on any atom is 0.277 e. The Morgan fingerprint density at radius 2 is 1.78 bits per heavy atom. The van der Waals surface area contributed by atoms with Crippen LogP contribution in [0.5, 0.6) is 17.2 Å². The molecule has 142 valence electrons. The van der Waals surface area contributed by atoms with Crippen molar-refractivity contribution in [1.29, 1.82) is 0 Å². The van der Waals surface area contributed by atoms with E-state index in [0.29, 0.717) is 23.6 Å². The third kappa shape index (κ3) is 3.42. The van der Waals surface area contributed by atoms with Crippen LogP contribution >= 0.6 is 0 Å². The van der Waals surface area contributed by atoms with Gasteiger partial charge in [0.2, 0.25) is 0 Å². The van der Waals surface area contributed by atoms with Crippen molar-refractivity contribution >= 4 is 11.6 Å². The third-order valence-corrected chi connectivity index (χ3v) is 4.24. The second kappa shape index (κ2) is 7.61. The number of hydrazone groups is 1. The number of carbonyl (C=O) groups excluding carboxylic acids is 1. The lowest BCUT2D eigenvalue weighted by Gasteiger charge is -2.13. The predicted octanol–water partition coefficient (Wildman–Crippen LogP) is 3.24. The second-order valence-corrected chi connectivity index (χ2v) is 5.74. The molecule has 0 saturated carbocycles. The summed E-state index contributed by atoms with van der Waals surface area (Å²) in [4.78, 5) is 12.6. The first kappa shape index (κ1) is 18.6. The van der Waals surface area contributed by atoms with E-state index in [4.69, 9.17) is 9.47 Å². The Balaban J connectivity index is 1.89. The zero-order chi connectivity index (χ0) is 19.6. The summed E-state index contributed by atoms with van der Waals surface area (Å²) in [5.74, 6) is -2.06. The van der Waals surface area contributed by atoms with Crippen LogP contribution in [0.3, 0.4) is 0 Å². The summed E-state index contributed by atoms with van der Waals surface area (Å²) in [6, 6.07) is 7.37. The Morgan fingerprint density at radius 3 is 2.44 bits per heavy atom. The van der Waals surface area contributed by atoms with Gasteiger partial charge in [0, 0.05) is 12.0 Å². The van der Waals surface area contributed by atoms with Crippen LogP contribution in [0, 0.1) is 11.6 Å². The molecule has 2 aromatic rings. The van der Waals surface area contributed by atoms with Gasteiger partial charge in [0.25, 0.3) is 5.91 Å². The maximum atomic E-state index is 14.3. The van der Waals surface area contributed by atoms with Gasteiger partial charge in [-0.3, -0.25) is 4.79 Å². The summed E-state index contributed by atoms with van der Waals surface area (Å²) in [7, 11) is 4.20. The number of hydrogen-bond acceptors (Lipinski definition) is 5. The normalized spacial score (nSPS) is 13.4. The molecular formula is C19H18F2N2O4. The molecule has 0 aliphatic carbocycles. The van der Waals surface area contributed by atoms with Gasteiger partial charge in [-0.1, -0.05) is 0 Å². The molecule has 0 N–H and O–H groups in total. The van der Waals surface area contributed by atoms with Crippen LogP contribution in [0.4, 0.5) is 8.78 Å². The molecule has 0 saturated heterocycles. The lowest BCUT2D eigenvalue weighted by Crippen LogP contribution is -2.24. The molecular weight excluding hydrogens is 358 g/mol. The van der Waals surface area contributed by atoms with Crippen LogP contribution in [-0.2, 0) is 0 Å². The highest BCUT2D eigenvalue weighted by Gasteiger charge is 2.27. The zero-order valence-corrected chi connectivity index (χ0v) is 15.1. The molecule has 27 heavy (non-hydrogen) atoms. The molecule has 0 aromatic heterocycles. The smallest absolute Gasteiger partial charge is 0.277 e. The molecule has 0 unspecified atom stereocenters. The molecule has 0 spiro atoms. The van der Waals surface area contributed by atoms with E-state index in [1.807, 2.05) is 0 Å². The molecule has 1 aliphatic heterocycles. The van der Waals surface area contributed by atoms with E-state index in [2.05, 4.69) is 9.84 Å². The number of halogens is 2. The lowest BCUT2D eigenvalue weighted by atomic mass is 10.1. The minimum Gasteiger partial charge on any atom is -0.493 e. The fraction of sp³-hybridized carbons (Fsp3) is 0.263. The number of hydrogen-bond donors (Lipinski definition) is 0. The van der Waals surface area contributed by atoms with E-state index < -0.39 is 23.3 Å². The van der Waals surface area contributed by atoms with Gasteiger partial charge in [-0.15, -0.1) is 0 Å². The third-order valence-electron chi connectivity index (χ3n) is 4.24. The molecule has 3 rings (SSSR count). The van der Waals surface area contributed by atoms with Gasteiger partial charge in [0.05, 0.1) is 39.1 Å². The minimum absolute atomic E-state index is 0.279. The van der Waals surface area contributed by atoms with E-state index in [1.165, 1.54) is 14.2 Å². The Labute approximate surface area is 154 Å². The van der Waals surface area contributed by atoms with Crippen LogP contribution in [0.15, 0.2) is 35.4 Å². The Bertz CT molecular complexity index is 915. The summed E-state index contributed by atoms with van der Waals surface area (Å²) >= 11 is 0. The van der Waals surface area contributed by atoms with Gasteiger partial charge in [-0.25, -0.2) is 13.8 Å². The van der Waals surface area contributed by atoms with Gasteiger partial charge >= 0.3 is 0 Å². The van der Waals surface area contributed by atoms with Gasteiger partial charge in [0.1, 0.15) is 0 Å². The van der Waals surface area contributed by atoms with Crippen molar-refractivity contribution in [3.63, 3.8) is 0 Å². The zero-order valence-electron chi connectivity index (χ0n) is 15.1. The fourth-order valence-electron chi connectivity index (χ4n) is 2.85. The highest BCUT2D eigenvalue weighted by molar-refractivity contribution is 6.04. The monoisotopic (exact) mass is 376 g/mol. The minimum atomic E-state index is -1.04. The summed E-state index contributed by atoms with van der Waals surface area (Å²) in [6.07, 6.45) is 0.487. The summed E-state index contributed by atoms with van der Waals surface area (Å²) in [5.41, 5.74) is 1.12. The Morgan fingerprint density at radius 1 is 1.04 bits per heavy atom. The highest BCUT2D eigenvalue weighted by Crippen LogP contribution is 2.30. The van der Waals surface area contributed by atoms with E-state index in [1.54, 1.807) is 18.2 Å². The van der Waals surface area contributed by atoms with Crippen molar-refractivity contribution in [2.75, 3.05) is 27.9 Å². The summed E-state index contributed by atoms with van der Waals surface area (Å²) < 4.78 is 43.1. The first-order chi connectivity index (χ1) is 13.0. The molecule has 1 amide bonds. The highest BCUT2D eigenvalue weighted by atomic mass is 19.1. The van der Waals surface area contributed by atoms with Crippen molar-refractivity contribution in [3.05, 3.63) is 53.1 Å². The topological polar surface area (TPSA) is 60.4 Å². The Kier molecular flexibility index (Phi) is 5.25. The van der Waals surface area contributed by atoms with E-state index >= 15 is 0 Å². The van der Waals surface area contributed by atoms with Crippen molar-refractivity contribution in [2.24, 2.45) is 5.10 Å². The van der Waals surface area contributed by atoms with Crippen LogP contribution in [0.25, 0.3) is 0 Å². The van der Waals surface area contributed by atoms with Crippen molar-refractivity contribution in [1.82, 2.24) is 5.01 Å². The van der Waals surface area contributed by atoms with Crippen molar-refractivity contribution in [3.8, 4) is 17.2 Å². The number of methoxy groups -OCH3 is 3.